The second-order valence-corrected chi connectivity index (χ2v) is 4.47. The number of hydrazone groups is 1. The fourth-order valence-corrected chi connectivity index (χ4v) is 1.73. The predicted molar refractivity (Wildman–Crippen MR) is 82.7 cm³/mol. The number of ether oxygens (including phenoxy) is 1. The van der Waals surface area contributed by atoms with Crippen LogP contribution in [0.5, 0.6) is 11.5 Å². The summed E-state index contributed by atoms with van der Waals surface area (Å²) < 4.78 is 5.12. The number of para-hydroxylation sites is 1. The Morgan fingerprint density at radius 2 is 1.96 bits per heavy atom. The lowest BCUT2D eigenvalue weighted by molar-refractivity contribution is -0.139. The first-order chi connectivity index (χ1) is 11.1. The molecule has 0 heterocycles. The van der Waals surface area contributed by atoms with Crippen molar-refractivity contribution in [2.45, 2.75) is 0 Å². The predicted octanol–water partition coefficient (Wildman–Crippen LogP) is 1.62. The van der Waals surface area contributed by atoms with Crippen LogP contribution >= 0.6 is 0 Å². The number of carboxylic acid groups (broad SMARTS) is 1. The van der Waals surface area contributed by atoms with E-state index < -0.39 is 18.5 Å². The van der Waals surface area contributed by atoms with Gasteiger partial charge in [-0.3, -0.25) is 4.79 Å². The first-order valence-corrected chi connectivity index (χ1v) is 6.62. The van der Waals surface area contributed by atoms with Crippen LogP contribution in [0.3, 0.4) is 0 Å². The molecule has 0 saturated heterocycles. The molecule has 0 spiro atoms. The van der Waals surface area contributed by atoms with Crippen molar-refractivity contribution >= 4 is 18.1 Å². The first kappa shape index (κ1) is 16.0. The van der Waals surface area contributed by atoms with Crippen molar-refractivity contribution in [3.8, 4) is 11.5 Å². The van der Waals surface area contributed by atoms with Crippen LogP contribution in [0, 0.1) is 0 Å². The maximum atomic E-state index is 11.8. The van der Waals surface area contributed by atoms with Crippen LogP contribution in [0.15, 0.2) is 53.6 Å². The van der Waals surface area contributed by atoms with Crippen LogP contribution in [-0.2, 0) is 4.79 Å². The lowest BCUT2D eigenvalue weighted by atomic mass is 10.2. The number of phenols is 1. The zero-order chi connectivity index (χ0) is 16.7. The molecule has 0 bridgehead atoms. The minimum absolute atomic E-state index is 0.0194. The quantitative estimate of drug-likeness (QED) is 0.554. The number of carbonyl (C=O) groups is 2. The lowest BCUT2D eigenvalue weighted by Gasteiger charge is -2.06. The van der Waals surface area contributed by atoms with Crippen molar-refractivity contribution < 1.29 is 24.5 Å². The van der Waals surface area contributed by atoms with Crippen LogP contribution in [0.1, 0.15) is 15.9 Å². The van der Waals surface area contributed by atoms with Crippen LogP contribution in [0.25, 0.3) is 0 Å². The number of aliphatic carboxylic acids is 1. The molecule has 0 aliphatic rings. The van der Waals surface area contributed by atoms with E-state index in [0.717, 1.165) is 0 Å². The minimum Gasteiger partial charge on any atom is -0.508 e. The zero-order valence-electron chi connectivity index (χ0n) is 12.0. The average molecular weight is 314 g/mol. The van der Waals surface area contributed by atoms with Crippen molar-refractivity contribution in [1.82, 2.24) is 5.43 Å². The van der Waals surface area contributed by atoms with E-state index in [0.29, 0.717) is 11.3 Å². The second-order valence-electron chi connectivity index (χ2n) is 4.47. The van der Waals surface area contributed by atoms with Crippen LogP contribution in [0.2, 0.25) is 0 Å². The topological polar surface area (TPSA) is 108 Å². The number of hydrogen-bond acceptors (Lipinski definition) is 5. The number of carboxylic acids is 1. The molecule has 0 unspecified atom stereocenters. The molecule has 7 nitrogen and oxygen atoms in total. The number of nitrogens with one attached hydrogen (secondary N) is 1. The van der Waals surface area contributed by atoms with Crippen LogP contribution < -0.4 is 10.2 Å². The molecule has 1 amide bonds. The number of benzene rings is 2. The van der Waals surface area contributed by atoms with E-state index in [1.807, 2.05) is 0 Å². The number of rotatable bonds is 6. The van der Waals surface area contributed by atoms with E-state index in [1.54, 1.807) is 30.3 Å². The highest BCUT2D eigenvalue weighted by Crippen LogP contribution is 2.15. The van der Waals surface area contributed by atoms with Gasteiger partial charge in [0.25, 0.3) is 5.91 Å². The van der Waals surface area contributed by atoms with Gasteiger partial charge in [0.15, 0.2) is 6.61 Å². The van der Waals surface area contributed by atoms with Gasteiger partial charge in [-0.2, -0.15) is 5.10 Å². The van der Waals surface area contributed by atoms with E-state index in [-0.39, 0.29) is 11.3 Å². The molecule has 2 rings (SSSR count). The van der Waals surface area contributed by atoms with Gasteiger partial charge in [0.05, 0.1) is 6.21 Å². The lowest BCUT2D eigenvalue weighted by Crippen LogP contribution is -2.17. The molecule has 0 fully saturated rings. The molecule has 3 N–H and O–H groups in total. The van der Waals surface area contributed by atoms with Gasteiger partial charge in [0.1, 0.15) is 11.5 Å². The third-order valence-electron chi connectivity index (χ3n) is 2.75. The van der Waals surface area contributed by atoms with Gasteiger partial charge in [0.2, 0.25) is 0 Å². The number of phenolic OH excluding ortho intramolecular Hbond substituents is 1. The van der Waals surface area contributed by atoms with Crippen molar-refractivity contribution in [2.75, 3.05) is 6.61 Å². The van der Waals surface area contributed by atoms with Crippen LogP contribution in [-0.4, -0.2) is 34.9 Å². The molecular formula is C16H14N2O5. The Labute approximate surface area is 131 Å². The zero-order valence-corrected chi connectivity index (χ0v) is 12.0. The normalized spacial score (nSPS) is 10.4. The van der Waals surface area contributed by atoms with E-state index >= 15 is 0 Å². The van der Waals surface area contributed by atoms with Gasteiger partial charge in [-0.15, -0.1) is 0 Å². The molecule has 0 atom stereocenters. The summed E-state index contributed by atoms with van der Waals surface area (Å²) in [4.78, 5) is 22.4. The molecule has 7 heteroatoms. The Bertz CT molecular complexity index is 743. The molecule has 0 aromatic heterocycles. The molecule has 2 aromatic rings. The van der Waals surface area contributed by atoms with Gasteiger partial charge in [-0.25, -0.2) is 10.2 Å². The SMILES string of the molecule is O=C(O)COc1ccccc1/C=N\NC(=O)c1cccc(O)c1. The monoisotopic (exact) mass is 314 g/mol. The summed E-state index contributed by atoms with van der Waals surface area (Å²) >= 11 is 0. The number of carbonyl (C=O) groups excluding carboxylic acids is 1. The molecule has 0 aliphatic heterocycles. The summed E-state index contributed by atoms with van der Waals surface area (Å²) in [5.74, 6) is -1.26. The smallest absolute Gasteiger partial charge is 0.341 e. The number of nitrogens with zero attached hydrogens (tertiary/aromatic N) is 1. The summed E-state index contributed by atoms with van der Waals surface area (Å²) in [6.45, 7) is -0.472. The van der Waals surface area contributed by atoms with E-state index in [2.05, 4.69) is 10.5 Å². The van der Waals surface area contributed by atoms with Crippen molar-refractivity contribution in [1.29, 1.82) is 0 Å². The highest BCUT2D eigenvalue weighted by molar-refractivity contribution is 5.95. The first-order valence-electron chi connectivity index (χ1n) is 6.62. The highest BCUT2D eigenvalue weighted by atomic mass is 16.5. The molecular weight excluding hydrogens is 300 g/mol. The van der Waals surface area contributed by atoms with Gasteiger partial charge >= 0.3 is 5.97 Å². The fraction of sp³-hybridized carbons (Fsp3) is 0.0625. The van der Waals surface area contributed by atoms with Crippen molar-refractivity contribution in [3.63, 3.8) is 0 Å². The highest BCUT2D eigenvalue weighted by Gasteiger charge is 2.06. The molecule has 118 valence electrons. The van der Waals surface area contributed by atoms with Gasteiger partial charge < -0.3 is 14.9 Å². The Morgan fingerprint density at radius 3 is 2.70 bits per heavy atom. The molecule has 0 saturated carbocycles. The molecule has 23 heavy (non-hydrogen) atoms. The molecule has 2 aromatic carbocycles. The summed E-state index contributed by atoms with van der Waals surface area (Å²) in [6.07, 6.45) is 1.35. The van der Waals surface area contributed by atoms with Crippen molar-refractivity contribution in [2.24, 2.45) is 5.10 Å². The molecule has 0 radical (unpaired) electrons. The third-order valence-corrected chi connectivity index (χ3v) is 2.75. The van der Waals surface area contributed by atoms with Gasteiger partial charge in [-0.1, -0.05) is 18.2 Å². The maximum Gasteiger partial charge on any atom is 0.341 e. The van der Waals surface area contributed by atoms with E-state index in [1.165, 1.54) is 24.4 Å². The minimum atomic E-state index is -1.09. The Kier molecular flexibility index (Phi) is 5.30. The summed E-state index contributed by atoms with van der Waals surface area (Å²) in [6, 6.07) is 12.5. The van der Waals surface area contributed by atoms with Gasteiger partial charge in [0, 0.05) is 11.1 Å². The second kappa shape index (κ2) is 7.60. The van der Waals surface area contributed by atoms with E-state index in [9.17, 15) is 14.7 Å². The number of hydrogen-bond donors (Lipinski definition) is 3. The van der Waals surface area contributed by atoms with E-state index in [4.69, 9.17) is 9.84 Å². The Morgan fingerprint density at radius 1 is 1.17 bits per heavy atom. The Balaban J connectivity index is 2.03. The summed E-state index contributed by atoms with van der Waals surface area (Å²) in [5.41, 5.74) is 3.09. The summed E-state index contributed by atoms with van der Waals surface area (Å²) in [5, 5.41) is 21.8. The van der Waals surface area contributed by atoms with Crippen molar-refractivity contribution in [3.05, 3.63) is 59.7 Å². The fourth-order valence-electron chi connectivity index (χ4n) is 1.73. The largest absolute Gasteiger partial charge is 0.508 e. The van der Waals surface area contributed by atoms with Crippen LogP contribution in [0.4, 0.5) is 0 Å². The maximum absolute atomic E-state index is 11.8. The summed E-state index contributed by atoms with van der Waals surface area (Å²) in [7, 11) is 0. The standard InChI is InChI=1S/C16H14N2O5/c19-13-6-3-5-11(8-13)16(22)18-17-9-12-4-1-2-7-14(12)23-10-15(20)21/h1-9,19H,10H2,(H,18,22)(H,20,21)/b17-9-. The average Bonchev–Trinajstić information content (AvgIpc) is 2.53. The molecule has 0 aliphatic carbocycles. The van der Waals surface area contributed by atoms with Gasteiger partial charge in [-0.05, 0) is 30.3 Å². The Hall–Kier alpha value is -3.35. The third kappa shape index (κ3) is 4.85. The number of amides is 1. The number of aromatic hydroxyl groups is 1.